The first-order valence-electron chi connectivity index (χ1n) is 5.76. The fourth-order valence-corrected chi connectivity index (χ4v) is 1.89. The van der Waals surface area contributed by atoms with Crippen LogP contribution in [-0.2, 0) is 4.74 Å². The number of hydrazine groups is 1. The number of nitrogens with two attached hydrogens (primary N) is 1. The predicted molar refractivity (Wildman–Crippen MR) is 64.3 cm³/mol. The summed E-state index contributed by atoms with van der Waals surface area (Å²) in [5.41, 5.74) is 2.78. The first-order chi connectivity index (χ1) is 8.92. The molecule has 108 valence electrons. The van der Waals surface area contributed by atoms with Gasteiger partial charge in [0, 0.05) is 12.7 Å². The Morgan fingerprint density at radius 3 is 2.42 bits per heavy atom. The lowest BCUT2D eigenvalue weighted by atomic mass is 9.99. The smallest absolute Gasteiger partial charge is 0.405 e. The van der Waals surface area contributed by atoms with E-state index in [2.05, 4.69) is 10.2 Å². The maximum Gasteiger partial charge on any atom is 0.573 e. The third-order valence-electron chi connectivity index (χ3n) is 2.74. The lowest BCUT2D eigenvalue weighted by Gasteiger charge is -2.26. The molecule has 0 aliphatic rings. The average Bonchev–Trinajstić information content (AvgIpc) is 2.35. The number of benzene rings is 1. The van der Waals surface area contributed by atoms with Crippen molar-refractivity contribution in [2.45, 2.75) is 31.9 Å². The molecule has 3 N–H and O–H groups in total. The first kappa shape index (κ1) is 15.7. The molecule has 0 radical (unpaired) electrons. The zero-order valence-corrected chi connectivity index (χ0v) is 10.7. The van der Waals surface area contributed by atoms with Gasteiger partial charge in [-0.3, -0.25) is 11.3 Å². The van der Waals surface area contributed by atoms with E-state index < -0.39 is 12.4 Å². The number of para-hydroxylation sites is 1. The molecule has 0 aliphatic carbocycles. The Bertz CT molecular complexity index is 395. The monoisotopic (exact) mass is 278 g/mol. The Kier molecular flexibility index (Phi) is 5.59. The number of nitrogens with one attached hydrogen (secondary N) is 1. The second-order valence-corrected chi connectivity index (χ2v) is 3.91. The van der Waals surface area contributed by atoms with Gasteiger partial charge in [-0.25, -0.2) is 0 Å². The van der Waals surface area contributed by atoms with Crippen molar-refractivity contribution in [1.29, 1.82) is 0 Å². The molecule has 0 heterocycles. The Morgan fingerprint density at radius 1 is 1.32 bits per heavy atom. The molecule has 0 amide bonds. The SMILES string of the molecule is CCC(OC)C(NN)c1ccccc1OC(F)(F)F. The summed E-state index contributed by atoms with van der Waals surface area (Å²) in [6.07, 6.45) is -4.52. The van der Waals surface area contributed by atoms with Gasteiger partial charge < -0.3 is 9.47 Å². The van der Waals surface area contributed by atoms with Crippen LogP contribution in [0.25, 0.3) is 0 Å². The van der Waals surface area contributed by atoms with Crippen molar-refractivity contribution in [3.63, 3.8) is 0 Å². The second kappa shape index (κ2) is 6.74. The highest BCUT2D eigenvalue weighted by Crippen LogP contribution is 2.32. The number of halogens is 3. The minimum absolute atomic E-state index is 0.284. The van der Waals surface area contributed by atoms with Crippen LogP contribution in [0.1, 0.15) is 24.9 Å². The molecule has 0 saturated carbocycles. The number of alkyl halides is 3. The van der Waals surface area contributed by atoms with Gasteiger partial charge in [-0.1, -0.05) is 25.1 Å². The largest absolute Gasteiger partial charge is 0.573 e. The molecule has 2 unspecified atom stereocenters. The molecule has 1 aromatic rings. The minimum Gasteiger partial charge on any atom is -0.405 e. The van der Waals surface area contributed by atoms with E-state index in [0.717, 1.165) is 0 Å². The van der Waals surface area contributed by atoms with Crippen LogP contribution in [0.3, 0.4) is 0 Å². The Labute approximate surface area is 109 Å². The van der Waals surface area contributed by atoms with E-state index in [0.29, 0.717) is 12.0 Å². The Morgan fingerprint density at radius 2 is 1.95 bits per heavy atom. The normalized spacial score (nSPS) is 15.1. The van der Waals surface area contributed by atoms with Crippen LogP contribution in [0.2, 0.25) is 0 Å². The summed E-state index contributed by atoms with van der Waals surface area (Å²) in [5.74, 6) is 5.14. The van der Waals surface area contributed by atoms with Crippen LogP contribution in [0.4, 0.5) is 13.2 Å². The molecule has 0 aromatic heterocycles. The average molecular weight is 278 g/mol. The highest BCUT2D eigenvalue weighted by atomic mass is 19.4. The van der Waals surface area contributed by atoms with Crippen molar-refractivity contribution in [2.24, 2.45) is 5.84 Å². The van der Waals surface area contributed by atoms with E-state index in [9.17, 15) is 13.2 Å². The van der Waals surface area contributed by atoms with Gasteiger partial charge in [-0.2, -0.15) is 0 Å². The summed E-state index contributed by atoms with van der Waals surface area (Å²) in [5, 5.41) is 0. The molecule has 4 nitrogen and oxygen atoms in total. The molecule has 0 spiro atoms. The van der Waals surface area contributed by atoms with Crippen molar-refractivity contribution in [3.05, 3.63) is 29.8 Å². The van der Waals surface area contributed by atoms with Gasteiger partial charge in [-0.05, 0) is 12.5 Å². The lowest BCUT2D eigenvalue weighted by Crippen LogP contribution is -2.37. The summed E-state index contributed by atoms with van der Waals surface area (Å²) >= 11 is 0. The topological polar surface area (TPSA) is 56.5 Å². The standard InChI is InChI=1S/C12H17F3N2O2/c1-3-9(18-2)11(17-16)8-6-4-5-7-10(8)19-12(13,14)15/h4-7,9,11,17H,3,16H2,1-2H3. The van der Waals surface area contributed by atoms with Crippen LogP contribution in [0.5, 0.6) is 5.75 Å². The maximum atomic E-state index is 12.3. The predicted octanol–water partition coefficient (Wildman–Crippen LogP) is 2.51. The highest BCUT2D eigenvalue weighted by molar-refractivity contribution is 5.36. The fourth-order valence-electron chi connectivity index (χ4n) is 1.89. The first-order valence-corrected chi connectivity index (χ1v) is 5.76. The maximum absolute atomic E-state index is 12.3. The molecule has 2 atom stereocenters. The van der Waals surface area contributed by atoms with Gasteiger partial charge >= 0.3 is 6.36 Å². The molecule has 1 rings (SSSR count). The number of methoxy groups -OCH3 is 1. The third-order valence-corrected chi connectivity index (χ3v) is 2.74. The van der Waals surface area contributed by atoms with Crippen molar-refractivity contribution in [1.82, 2.24) is 5.43 Å². The van der Waals surface area contributed by atoms with Gasteiger partial charge in [0.1, 0.15) is 5.75 Å². The molecule has 0 saturated heterocycles. The Balaban J connectivity index is 3.09. The summed E-state index contributed by atoms with van der Waals surface area (Å²) in [7, 11) is 1.48. The van der Waals surface area contributed by atoms with Gasteiger partial charge in [0.15, 0.2) is 0 Å². The van der Waals surface area contributed by atoms with Crippen LogP contribution in [-0.4, -0.2) is 19.6 Å². The zero-order valence-electron chi connectivity index (χ0n) is 10.7. The van der Waals surface area contributed by atoms with Crippen LogP contribution in [0, 0.1) is 0 Å². The number of hydrogen-bond donors (Lipinski definition) is 2. The zero-order chi connectivity index (χ0) is 14.5. The van der Waals surface area contributed by atoms with E-state index >= 15 is 0 Å². The minimum atomic E-state index is -4.75. The van der Waals surface area contributed by atoms with E-state index in [1.807, 2.05) is 6.92 Å². The molecule has 7 heteroatoms. The van der Waals surface area contributed by atoms with E-state index in [-0.39, 0.29) is 11.9 Å². The van der Waals surface area contributed by atoms with Crippen LogP contribution >= 0.6 is 0 Å². The van der Waals surface area contributed by atoms with Crippen molar-refractivity contribution in [3.8, 4) is 5.75 Å². The third kappa shape index (κ3) is 4.38. The number of hydrogen-bond acceptors (Lipinski definition) is 4. The fraction of sp³-hybridized carbons (Fsp3) is 0.500. The van der Waals surface area contributed by atoms with E-state index in [1.165, 1.54) is 25.3 Å². The Hall–Kier alpha value is -1.31. The van der Waals surface area contributed by atoms with Gasteiger partial charge in [-0.15, -0.1) is 13.2 Å². The van der Waals surface area contributed by atoms with Crippen LogP contribution < -0.4 is 16.0 Å². The van der Waals surface area contributed by atoms with E-state index in [1.54, 1.807) is 6.07 Å². The van der Waals surface area contributed by atoms with Crippen molar-refractivity contribution < 1.29 is 22.6 Å². The highest BCUT2D eigenvalue weighted by Gasteiger charge is 2.33. The molecule has 0 fully saturated rings. The molecular formula is C12H17F3N2O2. The molecule has 1 aromatic carbocycles. The van der Waals surface area contributed by atoms with Crippen molar-refractivity contribution >= 4 is 0 Å². The number of rotatable bonds is 6. The summed E-state index contributed by atoms with van der Waals surface area (Å²) in [4.78, 5) is 0. The summed E-state index contributed by atoms with van der Waals surface area (Å²) < 4.78 is 46.3. The van der Waals surface area contributed by atoms with Gasteiger partial charge in [0.2, 0.25) is 0 Å². The second-order valence-electron chi connectivity index (χ2n) is 3.91. The van der Waals surface area contributed by atoms with Crippen molar-refractivity contribution in [2.75, 3.05) is 7.11 Å². The molecule has 19 heavy (non-hydrogen) atoms. The van der Waals surface area contributed by atoms with Gasteiger partial charge in [0.05, 0.1) is 12.1 Å². The lowest BCUT2D eigenvalue weighted by molar-refractivity contribution is -0.275. The molecule has 0 bridgehead atoms. The molecule has 0 aliphatic heterocycles. The quantitative estimate of drug-likeness (QED) is 0.620. The molecular weight excluding hydrogens is 261 g/mol. The van der Waals surface area contributed by atoms with Crippen LogP contribution in [0.15, 0.2) is 24.3 Å². The summed E-state index contributed by atoms with van der Waals surface area (Å²) in [6, 6.07) is 5.26. The number of ether oxygens (including phenoxy) is 2. The van der Waals surface area contributed by atoms with E-state index in [4.69, 9.17) is 10.6 Å². The van der Waals surface area contributed by atoms with Gasteiger partial charge in [0.25, 0.3) is 0 Å². The summed E-state index contributed by atoms with van der Waals surface area (Å²) in [6.45, 7) is 1.85.